The smallest absolute Gasteiger partial charge is 0.382 e. The van der Waals surface area contributed by atoms with E-state index in [4.69, 9.17) is 0 Å². The molecule has 5 nitrogen and oxygen atoms in total. The van der Waals surface area contributed by atoms with Crippen LogP contribution in [0.5, 0.6) is 0 Å². The van der Waals surface area contributed by atoms with Crippen LogP contribution in [0.25, 0.3) is 0 Å². The molecule has 0 aromatic carbocycles. The Kier molecular flexibility index (Phi) is 5.53. The Labute approximate surface area is 61.6 Å². The summed E-state index contributed by atoms with van der Waals surface area (Å²) in [5.74, 6) is 0. The molecule has 0 aromatic rings. The lowest BCUT2D eigenvalue weighted by Crippen LogP contribution is -2.00. The van der Waals surface area contributed by atoms with E-state index in [9.17, 15) is 13.6 Å². The molecule has 11 heavy (non-hydrogen) atoms. The fourth-order valence-corrected chi connectivity index (χ4v) is 0.682. The highest BCUT2D eigenvalue weighted by Gasteiger charge is 2.29. The van der Waals surface area contributed by atoms with Crippen molar-refractivity contribution in [2.24, 2.45) is 0 Å². The Morgan fingerprint density at radius 1 is 1.27 bits per heavy atom. The summed E-state index contributed by atoms with van der Waals surface area (Å²) in [7, 11) is -3.29. The van der Waals surface area contributed by atoms with Gasteiger partial charge < -0.3 is 4.74 Å². The Hall–Kier alpha value is -0.0700. The second-order valence-corrected chi connectivity index (χ2v) is 2.84. The van der Waals surface area contributed by atoms with E-state index < -0.39 is 7.82 Å². The van der Waals surface area contributed by atoms with Crippen LogP contribution in [-0.4, -0.2) is 20.3 Å². The summed E-state index contributed by atoms with van der Waals surface area (Å²) in [5.41, 5.74) is 0. The van der Waals surface area contributed by atoms with Crippen LogP contribution in [0.4, 0.5) is 9.05 Å². The van der Waals surface area contributed by atoms with E-state index in [1.165, 1.54) is 7.11 Å². The maximum atomic E-state index is 11.2. The zero-order chi connectivity index (χ0) is 8.74. The van der Waals surface area contributed by atoms with Gasteiger partial charge in [-0.1, -0.05) is 9.46 Å². The molecule has 0 unspecified atom stereocenters. The lowest BCUT2D eigenvalue weighted by molar-refractivity contribution is -0.119. The molecule has 0 radical (unpaired) electrons. The van der Waals surface area contributed by atoms with Gasteiger partial charge in [0.05, 0.1) is 13.2 Å². The largest absolute Gasteiger partial charge is 0.537 e. The average molecular weight is 192 g/mol. The highest BCUT2D eigenvalue weighted by atomic mass is 31.2. The van der Waals surface area contributed by atoms with Crippen LogP contribution in [0, 0.1) is 0 Å². The van der Waals surface area contributed by atoms with E-state index in [2.05, 4.69) is 18.7 Å². The third kappa shape index (κ3) is 4.39. The predicted octanol–water partition coefficient (Wildman–Crippen LogP) is 1.56. The lowest BCUT2D eigenvalue weighted by atomic mass is 10.8. The van der Waals surface area contributed by atoms with Crippen LogP contribution in [0.1, 0.15) is 0 Å². The van der Waals surface area contributed by atoms with Gasteiger partial charge in [-0.2, -0.15) is 0 Å². The van der Waals surface area contributed by atoms with Gasteiger partial charge in [0.15, 0.2) is 0 Å². The van der Waals surface area contributed by atoms with E-state index in [-0.39, 0.29) is 13.2 Å². The van der Waals surface area contributed by atoms with E-state index >= 15 is 0 Å². The highest BCUT2D eigenvalue weighted by molar-refractivity contribution is 7.48. The van der Waals surface area contributed by atoms with Crippen molar-refractivity contribution in [1.29, 1.82) is 0 Å². The summed E-state index contributed by atoms with van der Waals surface area (Å²) in [6.07, 6.45) is 0. The molecule has 0 spiro atoms. The van der Waals surface area contributed by atoms with Crippen LogP contribution < -0.4 is 0 Å². The fraction of sp³-hybridized carbons (Fsp3) is 1.00. The van der Waals surface area contributed by atoms with Gasteiger partial charge in [0.1, 0.15) is 0 Å². The SMILES string of the molecule is COCCOP(=O)(OF)OF. The minimum absolute atomic E-state index is 0.0245. The number of ether oxygens (including phenoxy) is 1. The topological polar surface area (TPSA) is 54.0 Å². The molecule has 0 heterocycles. The molecule has 0 fully saturated rings. The molecule has 0 rings (SSSR count). The summed E-state index contributed by atoms with van der Waals surface area (Å²) in [6, 6.07) is 0. The summed E-state index contributed by atoms with van der Waals surface area (Å²) in [5, 5.41) is 0. The fourth-order valence-electron chi connectivity index (χ4n) is 0.283. The Bertz CT molecular complexity index is 134. The third-order valence-corrected chi connectivity index (χ3v) is 1.54. The lowest BCUT2D eigenvalue weighted by Gasteiger charge is -2.05. The van der Waals surface area contributed by atoms with Crippen LogP contribution in [0.2, 0.25) is 0 Å². The Morgan fingerprint density at radius 3 is 2.18 bits per heavy atom. The normalized spacial score (nSPS) is 11.9. The van der Waals surface area contributed by atoms with Gasteiger partial charge in [0.2, 0.25) is 0 Å². The second-order valence-electron chi connectivity index (χ2n) is 1.41. The number of hydrogen-bond acceptors (Lipinski definition) is 5. The maximum absolute atomic E-state index is 11.2. The van der Waals surface area contributed by atoms with Crippen LogP contribution in [0.3, 0.4) is 0 Å². The van der Waals surface area contributed by atoms with Gasteiger partial charge in [-0.25, -0.2) is 4.57 Å². The molecular formula is C3H7F2O5P. The highest BCUT2D eigenvalue weighted by Crippen LogP contribution is 2.49. The van der Waals surface area contributed by atoms with Crippen LogP contribution >= 0.6 is 7.82 Å². The van der Waals surface area contributed by atoms with Crippen LogP contribution in [-0.2, 0) is 23.3 Å². The summed E-state index contributed by atoms with van der Waals surface area (Å²) in [6.45, 7) is -0.266. The number of rotatable bonds is 6. The minimum Gasteiger partial charge on any atom is -0.382 e. The third-order valence-electron chi connectivity index (χ3n) is 0.706. The minimum atomic E-state index is -4.62. The molecule has 0 aliphatic rings. The van der Waals surface area contributed by atoms with Crippen molar-refractivity contribution >= 4 is 7.82 Å². The Balaban J connectivity index is 3.61. The number of phosphoric acid groups is 1. The van der Waals surface area contributed by atoms with Crippen molar-refractivity contribution in [3.63, 3.8) is 0 Å². The van der Waals surface area contributed by atoms with Crippen molar-refractivity contribution in [3.8, 4) is 0 Å². The van der Waals surface area contributed by atoms with E-state index in [0.717, 1.165) is 0 Å². The summed E-state index contributed by atoms with van der Waals surface area (Å²) in [4.78, 5) is 0. The quantitative estimate of drug-likeness (QED) is 0.472. The molecule has 0 atom stereocenters. The van der Waals surface area contributed by atoms with Crippen molar-refractivity contribution < 1.29 is 32.3 Å². The van der Waals surface area contributed by atoms with Gasteiger partial charge >= 0.3 is 7.82 Å². The molecular weight excluding hydrogens is 185 g/mol. The molecule has 0 aliphatic carbocycles. The molecule has 0 amide bonds. The van der Waals surface area contributed by atoms with E-state index in [1.54, 1.807) is 0 Å². The van der Waals surface area contributed by atoms with E-state index in [1.807, 2.05) is 0 Å². The summed E-state index contributed by atoms with van der Waals surface area (Å²) >= 11 is 0. The monoisotopic (exact) mass is 192 g/mol. The van der Waals surface area contributed by atoms with Crippen molar-refractivity contribution in [2.75, 3.05) is 20.3 Å². The van der Waals surface area contributed by atoms with Crippen LogP contribution in [0.15, 0.2) is 0 Å². The molecule has 0 N–H and O–H groups in total. The van der Waals surface area contributed by atoms with Gasteiger partial charge in [-0.3, -0.25) is 4.52 Å². The first kappa shape index (κ1) is 10.9. The van der Waals surface area contributed by atoms with Gasteiger partial charge in [0.25, 0.3) is 0 Å². The Morgan fingerprint density at radius 2 is 1.82 bits per heavy atom. The van der Waals surface area contributed by atoms with Crippen molar-refractivity contribution in [1.82, 2.24) is 0 Å². The second kappa shape index (κ2) is 5.56. The zero-order valence-corrected chi connectivity index (χ0v) is 6.55. The van der Waals surface area contributed by atoms with Gasteiger partial charge in [-0.05, 0) is 9.05 Å². The molecule has 8 heteroatoms. The molecule has 68 valence electrons. The first-order valence-corrected chi connectivity index (χ1v) is 3.99. The van der Waals surface area contributed by atoms with Crippen molar-refractivity contribution in [2.45, 2.75) is 0 Å². The number of hydrogen-bond donors (Lipinski definition) is 0. The first-order valence-electron chi connectivity index (χ1n) is 2.52. The van der Waals surface area contributed by atoms with Gasteiger partial charge in [0, 0.05) is 7.11 Å². The summed E-state index contributed by atoms with van der Waals surface area (Å²) < 4.78 is 46.4. The standard InChI is InChI=1S/C3H7F2O5P/c1-7-2-3-8-11(6,9-4)10-5/h2-3H2,1H3. The number of halogens is 2. The molecule has 0 saturated carbocycles. The molecule has 0 aromatic heterocycles. The van der Waals surface area contributed by atoms with Crippen molar-refractivity contribution in [3.05, 3.63) is 0 Å². The van der Waals surface area contributed by atoms with E-state index in [0.29, 0.717) is 0 Å². The van der Waals surface area contributed by atoms with Gasteiger partial charge in [-0.15, -0.1) is 0 Å². The molecule has 0 saturated heterocycles. The average Bonchev–Trinajstić information content (AvgIpc) is 2.05. The molecule has 0 bridgehead atoms. The first-order chi connectivity index (χ1) is 5.18. The maximum Gasteiger partial charge on any atom is 0.537 e. The predicted molar refractivity (Wildman–Crippen MR) is 29.8 cm³/mol. The molecule has 0 aliphatic heterocycles. The zero-order valence-electron chi connectivity index (χ0n) is 5.66. The number of methoxy groups -OCH3 is 1.